The molecule has 0 aliphatic rings. The maximum atomic E-state index is 1.74. The van der Waals surface area contributed by atoms with Crippen molar-refractivity contribution >= 4 is 70.8 Å². The number of rotatable bonds is 3. The molecular formula is H18Si8. The molecule has 0 nitrogen and oxygen atoms in total. The van der Waals surface area contributed by atoms with Gasteiger partial charge in [-0.3, -0.25) is 0 Å². The standard InChI is InChI=1S/H18Si8/c1-5-6-7-8(2,3)4/h5-7H2,1-4H3. The van der Waals surface area contributed by atoms with Gasteiger partial charge in [0.25, 0.3) is 0 Å². The molecule has 0 aromatic heterocycles. The van der Waals surface area contributed by atoms with E-state index in [0.29, 0.717) is 0 Å². The molecule has 0 atom stereocenters. The molecule has 0 aromatic carbocycles. The fraction of sp³-hybridized carbons (Fsp3) is 0. The van der Waals surface area contributed by atoms with E-state index in [4.69, 9.17) is 0 Å². The Labute approximate surface area is 70.7 Å². The molecule has 0 spiro atoms. The van der Waals surface area contributed by atoms with Crippen molar-refractivity contribution < 1.29 is 0 Å². The molecule has 0 unspecified atom stereocenters. The summed E-state index contributed by atoms with van der Waals surface area (Å²) in [4.78, 5) is 0. The first-order chi connectivity index (χ1) is 3.56. The van der Waals surface area contributed by atoms with Crippen LogP contribution in [0.4, 0.5) is 0 Å². The third kappa shape index (κ3) is 7.74. The fourth-order valence-corrected chi connectivity index (χ4v) is 172. The Hall–Kier alpha value is 1.74. The third-order valence-electron chi connectivity index (χ3n) is 1.28. The van der Waals surface area contributed by atoms with E-state index in [1.54, 1.807) is 39.0 Å². The molecule has 0 amide bonds. The lowest BCUT2D eigenvalue weighted by Crippen LogP contribution is -2.49. The van der Waals surface area contributed by atoms with Gasteiger partial charge in [0.05, 0.1) is 0 Å². The summed E-state index contributed by atoms with van der Waals surface area (Å²) < 4.78 is 0. The zero-order valence-corrected chi connectivity index (χ0v) is 19.9. The lowest BCUT2D eigenvalue weighted by Gasteiger charge is -2.12. The van der Waals surface area contributed by atoms with Crippen molar-refractivity contribution in [2.24, 2.45) is 0 Å². The largest absolute Gasteiger partial charge is 0.0120 e. The lowest BCUT2D eigenvalue weighted by atomic mass is 26.0. The Morgan fingerprint density at radius 1 is 1.12 bits per heavy atom. The van der Waals surface area contributed by atoms with Gasteiger partial charge in [0, 0.05) is 0 Å². The van der Waals surface area contributed by atoms with Gasteiger partial charge in [0.2, 0.25) is 0 Å². The molecular weight excluding hydrogens is 225 g/mol. The highest BCUT2D eigenvalue weighted by Crippen LogP contribution is 1.73. The van der Waals surface area contributed by atoms with Gasteiger partial charge < -0.3 is 0 Å². The maximum absolute atomic E-state index is 1.74. The Kier molecular flexibility index (Phi) is 5.52. The van der Waals surface area contributed by atoms with E-state index in [1.165, 1.54) is 0 Å². The molecule has 0 saturated heterocycles. The van der Waals surface area contributed by atoms with Crippen LogP contribution >= 0.6 is 0 Å². The highest BCUT2D eigenvalue weighted by molar-refractivity contribution is 7.87. The quantitative estimate of drug-likeness (QED) is 0.432. The summed E-state index contributed by atoms with van der Waals surface area (Å²) in [6.07, 6.45) is -0.00396. The van der Waals surface area contributed by atoms with Crippen LogP contribution in [0.5, 0.6) is 0 Å². The van der Waals surface area contributed by atoms with Crippen LogP contribution in [0.15, 0.2) is 0 Å². The minimum absolute atomic E-state index is 0.00396. The monoisotopic (exact) mass is 242 g/mol. The second-order valence-corrected chi connectivity index (χ2v) is 98.9. The van der Waals surface area contributed by atoms with Crippen LogP contribution in [0.2, 0.25) is 0 Å². The van der Waals surface area contributed by atoms with Gasteiger partial charge in [0.1, 0.15) is 0 Å². The van der Waals surface area contributed by atoms with Crippen LogP contribution in [0.1, 0.15) is 0 Å². The first kappa shape index (κ1) is 9.74. The Bertz CT molecular complexity index is 47.5. The van der Waals surface area contributed by atoms with Crippen LogP contribution in [0.3, 0.4) is 0 Å². The normalized spacial score (nSPS) is 24.0. The van der Waals surface area contributed by atoms with E-state index in [2.05, 4.69) is 0 Å². The number of hydrogen-bond donors (Lipinski definition) is 0. The van der Waals surface area contributed by atoms with Gasteiger partial charge in [-0.1, -0.05) is 0 Å². The molecule has 50 valence electrons. The molecule has 0 rings (SSSR count). The first-order valence-corrected chi connectivity index (χ1v) is 32.0. The maximum Gasteiger partial charge on any atom is -0.00631 e. The zero-order chi connectivity index (χ0) is 6.62. The smallest absolute Gasteiger partial charge is 0.00631 e. The lowest BCUT2D eigenvalue weighted by molar-refractivity contribution is 3.64. The average molecular weight is 243 g/mol. The Balaban J connectivity index is 3.11. The summed E-state index contributed by atoms with van der Waals surface area (Å²) in [6.45, 7) is 0. The van der Waals surface area contributed by atoms with E-state index in [9.17, 15) is 0 Å². The highest BCUT2D eigenvalue weighted by Gasteiger charge is 2.11. The van der Waals surface area contributed by atoms with Gasteiger partial charge in [-0.15, -0.1) is 0 Å². The molecule has 0 heterocycles. The van der Waals surface area contributed by atoms with Gasteiger partial charge in [-0.05, 0) is 70.8 Å². The van der Waals surface area contributed by atoms with E-state index in [1.807, 2.05) is 0 Å². The summed E-state index contributed by atoms with van der Waals surface area (Å²) in [7, 11) is 9.31. The molecule has 0 N–H and O–H groups in total. The van der Waals surface area contributed by atoms with Crippen LogP contribution in [-0.4, -0.2) is 70.8 Å². The second kappa shape index (κ2) is 4.54. The molecule has 0 aliphatic carbocycles. The highest BCUT2D eigenvalue weighted by atomic mass is 30.2. The zero-order valence-electron chi connectivity index (χ0n) is 6.62. The van der Waals surface area contributed by atoms with Gasteiger partial charge in [-0.2, -0.15) is 0 Å². The molecule has 0 fully saturated rings. The molecule has 0 radical (unpaired) electrons. The molecule has 0 saturated carbocycles. The van der Waals surface area contributed by atoms with Crippen molar-refractivity contribution in [1.29, 1.82) is 0 Å². The van der Waals surface area contributed by atoms with E-state index in [-0.39, 0.29) is 6.14 Å². The third-order valence-corrected chi connectivity index (χ3v) is 104. The predicted octanol–water partition coefficient (Wildman–Crippen LogP) is -7.86. The summed E-state index contributed by atoms with van der Waals surface area (Å²) in [5.41, 5.74) is 0. The minimum Gasteiger partial charge on any atom is -0.0120 e. The van der Waals surface area contributed by atoms with Crippen molar-refractivity contribution in [3.05, 3.63) is 0 Å². The van der Waals surface area contributed by atoms with Gasteiger partial charge in [0.15, 0.2) is 0 Å². The second-order valence-electron chi connectivity index (χ2n) is 3.66. The molecule has 8 heteroatoms. The minimum atomic E-state index is -0.00396. The van der Waals surface area contributed by atoms with Crippen LogP contribution < -0.4 is 0 Å². The van der Waals surface area contributed by atoms with E-state index >= 15 is 0 Å². The Morgan fingerprint density at radius 3 is 1.75 bits per heavy atom. The summed E-state index contributed by atoms with van der Waals surface area (Å²) in [6, 6.07) is 0. The van der Waals surface area contributed by atoms with Crippen molar-refractivity contribution in [2.75, 3.05) is 0 Å². The molecule has 0 bridgehead atoms. The molecule has 8 heavy (non-hydrogen) atoms. The SMILES string of the molecule is [SiH3][SiH2][SiH2][SiH2][Si]([SiH3])([SiH3])[SiH3]. The van der Waals surface area contributed by atoms with Crippen molar-refractivity contribution in [3.8, 4) is 0 Å². The number of hydrogen-bond acceptors (Lipinski definition) is 0. The van der Waals surface area contributed by atoms with E-state index in [0.717, 1.165) is 25.7 Å². The summed E-state index contributed by atoms with van der Waals surface area (Å²) >= 11 is 0. The van der Waals surface area contributed by atoms with Gasteiger partial charge in [-0.25, -0.2) is 0 Å². The van der Waals surface area contributed by atoms with Crippen LogP contribution in [-0.2, 0) is 0 Å². The van der Waals surface area contributed by atoms with Crippen LogP contribution in [0, 0.1) is 0 Å². The average Bonchev–Trinajstić information content (AvgIpc) is 1.59. The molecule has 0 aliphatic heterocycles. The predicted molar refractivity (Wildman–Crippen MR) is 71.1 cm³/mol. The fourth-order valence-electron chi connectivity index (χ4n) is 0.707. The van der Waals surface area contributed by atoms with Gasteiger partial charge >= 0.3 is 0 Å². The topological polar surface area (TPSA) is 0 Å². The summed E-state index contributed by atoms with van der Waals surface area (Å²) in [5, 5.41) is 0. The van der Waals surface area contributed by atoms with Crippen LogP contribution in [0.25, 0.3) is 0 Å². The molecule has 0 aromatic rings. The first-order valence-electron chi connectivity index (χ1n) is 3.56. The summed E-state index contributed by atoms with van der Waals surface area (Å²) in [5.74, 6) is 0. The van der Waals surface area contributed by atoms with E-state index < -0.39 is 0 Å². The van der Waals surface area contributed by atoms with Crippen molar-refractivity contribution in [3.63, 3.8) is 0 Å². The Morgan fingerprint density at radius 2 is 1.62 bits per heavy atom. The van der Waals surface area contributed by atoms with Crippen molar-refractivity contribution in [1.82, 2.24) is 0 Å². The van der Waals surface area contributed by atoms with Crippen molar-refractivity contribution in [2.45, 2.75) is 0 Å².